The third-order valence-corrected chi connectivity index (χ3v) is 5.77. The molecule has 2 N–H and O–H groups in total. The van der Waals surface area contributed by atoms with Crippen molar-refractivity contribution in [2.45, 2.75) is 45.2 Å². The molecule has 0 radical (unpaired) electrons. The van der Waals surface area contributed by atoms with Crippen LogP contribution in [-0.2, 0) is 22.6 Å². The summed E-state index contributed by atoms with van der Waals surface area (Å²) in [6.07, 6.45) is 6.14. The predicted octanol–water partition coefficient (Wildman–Crippen LogP) is 2.78. The van der Waals surface area contributed by atoms with E-state index in [-0.39, 0.29) is 0 Å². The van der Waals surface area contributed by atoms with Crippen LogP contribution in [0.3, 0.4) is 0 Å². The van der Waals surface area contributed by atoms with E-state index in [1.165, 1.54) is 43.5 Å². The molecule has 0 bridgehead atoms. The van der Waals surface area contributed by atoms with Gasteiger partial charge in [-0.1, -0.05) is 30.7 Å². The van der Waals surface area contributed by atoms with Gasteiger partial charge in [0.15, 0.2) is 5.96 Å². The Kier molecular flexibility index (Phi) is 9.76. The van der Waals surface area contributed by atoms with Gasteiger partial charge in [0.05, 0.1) is 13.2 Å². The van der Waals surface area contributed by atoms with Crippen LogP contribution in [0.5, 0.6) is 0 Å². The predicted molar refractivity (Wildman–Crippen MR) is 118 cm³/mol. The highest BCUT2D eigenvalue weighted by atomic mass is 16.5. The van der Waals surface area contributed by atoms with Crippen LogP contribution in [0, 0.1) is 5.92 Å². The van der Waals surface area contributed by atoms with Crippen molar-refractivity contribution in [2.24, 2.45) is 10.9 Å². The van der Waals surface area contributed by atoms with Crippen LogP contribution in [-0.4, -0.2) is 64.0 Å². The van der Waals surface area contributed by atoms with E-state index < -0.39 is 0 Å². The highest BCUT2D eigenvalue weighted by molar-refractivity contribution is 5.79. The Morgan fingerprint density at radius 2 is 2.00 bits per heavy atom. The van der Waals surface area contributed by atoms with E-state index in [2.05, 4.69) is 44.8 Å². The third-order valence-electron chi connectivity index (χ3n) is 5.77. The minimum absolute atomic E-state index is 0.586. The Morgan fingerprint density at radius 3 is 2.76 bits per heavy atom. The first-order valence-electron chi connectivity index (χ1n) is 11.2. The van der Waals surface area contributed by atoms with Gasteiger partial charge in [-0.25, -0.2) is 0 Å². The van der Waals surface area contributed by atoms with E-state index in [1.54, 1.807) is 0 Å². The van der Waals surface area contributed by atoms with E-state index >= 15 is 0 Å². The van der Waals surface area contributed by atoms with Crippen molar-refractivity contribution in [2.75, 3.05) is 53.1 Å². The molecular formula is C23H38N4O2. The van der Waals surface area contributed by atoms with Crippen LogP contribution < -0.4 is 10.6 Å². The Morgan fingerprint density at radius 1 is 1.17 bits per heavy atom. The lowest BCUT2D eigenvalue weighted by Gasteiger charge is -2.27. The average Bonchev–Trinajstić information content (AvgIpc) is 3.28. The van der Waals surface area contributed by atoms with Crippen LogP contribution in [0.1, 0.15) is 43.2 Å². The van der Waals surface area contributed by atoms with Crippen molar-refractivity contribution >= 4 is 5.96 Å². The summed E-state index contributed by atoms with van der Waals surface area (Å²) in [6, 6.07) is 8.75. The molecule has 1 aromatic carbocycles. The first-order valence-corrected chi connectivity index (χ1v) is 11.2. The zero-order valence-electron chi connectivity index (χ0n) is 18.0. The number of piperidine rings is 1. The SMILES string of the molecule is CN=C(NCCCOCC1CCOC1)NCc1ccccc1CN1CCCCC1. The minimum atomic E-state index is 0.586. The van der Waals surface area contributed by atoms with E-state index in [1.807, 2.05) is 7.05 Å². The smallest absolute Gasteiger partial charge is 0.191 e. The number of rotatable bonds is 10. The molecule has 0 amide bonds. The molecule has 1 atom stereocenters. The number of aliphatic imine (C=N–C) groups is 1. The van der Waals surface area contributed by atoms with Crippen molar-refractivity contribution in [3.05, 3.63) is 35.4 Å². The molecule has 1 unspecified atom stereocenters. The molecule has 2 fully saturated rings. The maximum Gasteiger partial charge on any atom is 0.191 e. The normalized spacial score (nSPS) is 20.7. The summed E-state index contributed by atoms with van der Waals surface area (Å²) in [7, 11) is 1.82. The van der Waals surface area contributed by atoms with Gasteiger partial charge in [0.1, 0.15) is 0 Å². The van der Waals surface area contributed by atoms with Gasteiger partial charge in [0.2, 0.25) is 0 Å². The first-order chi connectivity index (χ1) is 14.3. The highest BCUT2D eigenvalue weighted by Gasteiger charge is 2.15. The topological polar surface area (TPSA) is 58.1 Å². The Hall–Kier alpha value is -1.63. The van der Waals surface area contributed by atoms with E-state index in [0.29, 0.717) is 5.92 Å². The fourth-order valence-corrected chi connectivity index (χ4v) is 3.99. The van der Waals surface area contributed by atoms with Crippen LogP contribution >= 0.6 is 0 Å². The van der Waals surface area contributed by atoms with Crippen molar-refractivity contribution < 1.29 is 9.47 Å². The van der Waals surface area contributed by atoms with Crippen LogP contribution in [0.2, 0.25) is 0 Å². The molecule has 2 aliphatic heterocycles. The van der Waals surface area contributed by atoms with Crippen molar-refractivity contribution in [3.8, 4) is 0 Å². The molecule has 0 spiro atoms. The number of hydrogen-bond donors (Lipinski definition) is 2. The molecule has 29 heavy (non-hydrogen) atoms. The first kappa shape index (κ1) is 22.1. The molecule has 162 valence electrons. The maximum atomic E-state index is 5.77. The van der Waals surface area contributed by atoms with Gasteiger partial charge >= 0.3 is 0 Å². The van der Waals surface area contributed by atoms with Crippen LogP contribution in [0.4, 0.5) is 0 Å². The molecule has 0 saturated carbocycles. The second-order valence-electron chi connectivity index (χ2n) is 8.12. The molecular weight excluding hydrogens is 364 g/mol. The lowest BCUT2D eigenvalue weighted by Crippen LogP contribution is -2.38. The number of nitrogens with zero attached hydrogens (tertiary/aromatic N) is 2. The fourth-order valence-electron chi connectivity index (χ4n) is 3.99. The molecule has 2 saturated heterocycles. The second-order valence-corrected chi connectivity index (χ2v) is 8.12. The van der Waals surface area contributed by atoms with E-state index in [0.717, 1.165) is 64.9 Å². The Balaban J connectivity index is 1.34. The summed E-state index contributed by atoms with van der Waals surface area (Å²) < 4.78 is 11.1. The number of nitrogens with one attached hydrogen (secondary N) is 2. The number of hydrogen-bond acceptors (Lipinski definition) is 4. The second kappa shape index (κ2) is 12.8. The lowest BCUT2D eigenvalue weighted by molar-refractivity contribution is 0.0888. The van der Waals surface area contributed by atoms with Gasteiger partial charge in [0, 0.05) is 45.8 Å². The Labute approximate surface area is 176 Å². The van der Waals surface area contributed by atoms with E-state index in [9.17, 15) is 0 Å². The summed E-state index contributed by atoms with van der Waals surface area (Å²) in [6.45, 7) is 8.49. The van der Waals surface area contributed by atoms with Gasteiger partial charge in [-0.2, -0.15) is 0 Å². The molecule has 3 rings (SSSR count). The molecule has 6 heteroatoms. The summed E-state index contributed by atoms with van der Waals surface area (Å²) in [5, 5.41) is 6.85. The highest BCUT2D eigenvalue weighted by Crippen LogP contribution is 2.16. The van der Waals surface area contributed by atoms with Gasteiger partial charge in [0.25, 0.3) is 0 Å². The standard InChI is InChI=1S/C23H38N4O2/c1-24-23(25-11-7-14-28-18-20-10-15-29-19-20)26-16-21-8-3-4-9-22(21)17-27-12-5-2-6-13-27/h3-4,8-9,20H,2,5-7,10-19H2,1H3,(H2,24,25,26). The van der Waals surface area contributed by atoms with Gasteiger partial charge in [-0.05, 0) is 49.9 Å². The molecule has 1 aromatic rings. The number of benzene rings is 1. The average molecular weight is 403 g/mol. The minimum Gasteiger partial charge on any atom is -0.381 e. The van der Waals surface area contributed by atoms with Gasteiger partial charge in [-0.3, -0.25) is 9.89 Å². The maximum absolute atomic E-state index is 5.77. The summed E-state index contributed by atoms with van der Waals surface area (Å²) >= 11 is 0. The molecule has 6 nitrogen and oxygen atoms in total. The van der Waals surface area contributed by atoms with Gasteiger partial charge < -0.3 is 20.1 Å². The van der Waals surface area contributed by atoms with Crippen molar-refractivity contribution in [1.29, 1.82) is 0 Å². The monoisotopic (exact) mass is 402 g/mol. The van der Waals surface area contributed by atoms with Gasteiger partial charge in [-0.15, -0.1) is 0 Å². The quantitative estimate of drug-likeness (QED) is 0.358. The zero-order chi connectivity index (χ0) is 20.2. The van der Waals surface area contributed by atoms with Crippen LogP contribution in [0.25, 0.3) is 0 Å². The number of likely N-dealkylation sites (tertiary alicyclic amines) is 1. The van der Waals surface area contributed by atoms with Crippen LogP contribution in [0.15, 0.2) is 29.3 Å². The molecule has 0 aromatic heterocycles. The molecule has 2 aliphatic rings. The van der Waals surface area contributed by atoms with Crippen molar-refractivity contribution in [1.82, 2.24) is 15.5 Å². The van der Waals surface area contributed by atoms with E-state index in [4.69, 9.17) is 9.47 Å². The largest absolute Gasteiger partial charge is 0.381 e. The third kappa shape index (κ3) is 7.96. The molecule has 0 aliphatic carbocycles. The Bertz CT molecular complexity index is 611. The summed E-state index contributed by atoms with van der Waals surface area (Å²) in [4.78, 5) is 6.93. The zero-order valence-corrected chi connectivity index (χ0v) is 18.0. The number of ether oxygens (including phenoxy) is 2. The summed E-state index contributed by atoms with van der Waals surface area (Å²) in [5.41, 5.74) is 2.77. The summed E-state index contributed by atoms with van der Waals surface area (Å²) in [5.74, 6) is 1.43. The fraction of sp³-hybridized carbons (Fsp3) is 0.696. The van der Waals surface area contributed by atoms with Crippen molar-refractivity contribution in [3.63, 3.8) is 0 Å². The lowest BCUT2D eigenvalue weighted by atomic mass is 10.0. The number of guanidine groups is 1. The molecule has 2 heterocycles.